The van der Waals surface area contributed by atoms with E-state index in [-0.39, 0.29) is 22.7 Å². The van der Waals surface area contributed by atoms with Gasteiger partial charge in [-0.1, -0.05) is 12.1 Å². The van der Waals surface area contributed by atoms with Gasteiger partial charge < -0.3 is 14.1 Å². The van der Waals surface area contributed by atoms with Crippen LogP contribution in [-0.4, -0.2) is 37.1 Å². The first-order valence-electron chi connectivity index (χ1n) is 8.15. The zero-order chi connectivity index (χ0) is 19.4. The Morgan fingerprint density at radius 1 is 1.19 bits per heavy atom. The number of morpholine rings is 1. The number of hydrogen-bond donors (Lipinski definition) is 0. The van der Waals surface area contributed by atoms with Gasteiger partial charge in [-0.15, -0.1) is 0 Å². The molecule has 27 heavy (non-hydrogen) atoms. The molecule has 1 amide bonds. The lowest BCUT2D eigenvalue weighted by atomic mass is 10.1. The van der Waals surface area contributed by atoms with Crippen LogP contribution in [0.3, 0.4) is 0 Å². The third kappa shape index (κ3) is 4.38. The normalized spacial score (nSPS) is 15.5. The molecule has 1 aromatic heterocycles. The zero-order valence-electron chi connectivity index (χ0n) is 14.1. The molecular weight excluding hydrogens is 361 g/mol. The molecular formula is C19H15F3N2O3. The van der Waals surface area contributed by atoms with Crippen LogP contribution in [0.5, 0.6) is 0 Å². The minimum Gasteiger partial charge on any atom is -0.457 e. The van der Waals surface area contributed by atoms with Crippen molar-refractivity contribution in [1.29, 1.82) is 5.26 Å². The summed E-state index contributed by atoms with van der Waals surface area (Å²) in [5.74, 6) is -0.0122. The maximum atomic E-state index is 12.8. The Hall–Kier alpha value is -3.05. The highest BCUT2D eigenvalue weighted by Crippen LogP contribution is 2.32. The Morgan fingerprint density at radius 3 is 2.59 bits per heavy atom. The lowest BCUT2D eigenvalue weighted by molar-refractivity contribution is -0.137. The van der Waals surface area contributed by atoms with Gasteiger partial charge in [0.15, 0.2) is 0 Å². The van der Waals surface area contributed by atoms with Crippen molar-refractivity contribution in [2.45, 2.75) is 6.18 Å². The van der Waals surface area contributed by atoms with Gasteiger partial charge in [-0.2, -0.15) is 18.4 Å². The summed E-state index contributed by atoms with van der Waals surface area (Å²) in [4.78, 5) is 13.9. The van der Waals surface area contributed by atoms with Gasteiger partial charge in [-0.3, -0.25) is 4.79 Å². The minimum atomic E-state index is -4.45. The van der Waals surface area contributed by atoms with Crippen molar-refractivity contribution < 1.29 is 27.1 Å². The van der Waals surface area contributed by atoms with E-state index in [9.17, 15) is 23.2 Å². The lowest BCUT2D eigenvalue weighted by Crippen LogP contribution is -2.41. The zero-order valence-corrected chi connectivity index (χ0v) is 14.1. The molecule has 0 N–H and O–H groups in total. The summed E-state index contributed by atoms with van der Waals surface area (Å²) in [7, 11) is 0. The fraction of sp³-hybridized carbons (Fsp3) is 0.263. The van der Waals surface area contributed by atoms with Crippen molar-refractivity contribution in [3.05, 3.63) is 53.3 Å². The van der Waals surface area contributed by atoms with Crippen LogP contribution in [0.4, 0.5) is 13.2 Å². The smallest absolute Gasteiger partial charge is 0.416 e. The Bertz CT molecular complexity index is 903. The van der Waals surface area contributed by atoms with E-state index < -0.39 is 17.6 Å². The van der Waals surface area contributed by atoms with Gasteiger partial charge in [-0.25, -0.2) is 0 Å². The second-order valence-electron chi connectivity index (χ2n) is 5.85. The Balaban J connectivity index is 1.83. The first-order chi connectivity index (χ1) is 12.9. The van der Waals surface area contributed by atoms with Crippen LogP contribution in [0.1, 0.15) is 11.3 Å². The number of carbonyl (C=O) groups is 1. The average molecular weight is 376 g/mol. The largest absolute Gasteiger partial charge is 0.457 e. The van der Waals surface area contributed by atoms with Crippen molar-refractivity contribution in [3.8, 4) is 17.4 Å². The number of amides is 1. The molecule has 1 saturated heterocycles. The van der Waals surface area contributed by atoms with E-state index in [0.717, 1.165) is 12.1 Å². The van der Waals surface area contributed by atoms with Crippen LogP contribution >= 0.6 is 0 Å². The highest BCUT2D eigenvalue weighted by molar-refractivity contribution is 6.01. The summed E-state index contributed by atoms with van der Waals surface area (Å²) in [6.07, 6.45) is -3.17. The number of nitrogens with zero attached hydrogens (tertiary/aromatic N) is 2. The summed E-state index contributed by atoms with van der Waals surface area (Å²) in [5.41, 5.74) is -0.641. The highest BCUT2D eigenvalue weighted by atomic mass is 19.4. The lowest BCUT2D eigenvalue weighted by Gasteiger charge is -2.26. The number of furan rings is 1. The quantitative estimate of drug-likeness (QED) is 0.605. The molecule has 0 spiro atoms. The van der Waals surface area contributed by atoms with Crippen LogP contribution in [0.15, 0.2) is 46.4 Å². The molecule has 0 atom stereocenters. The third-order valence-corrected chi connectivity index (χ3v) is 4.04. The summed E-state index contributed by atoms with van der Waals surface area (Å²) >= 11 is 0. The summed E-state index contributed by atoms with van der Waals surface area (Å²) < 4.78 is 49.2. The van der Waals surface area contributed by atoms with E-state index in [4.69, 9.17) is 9.15 Å². The first-order valence-corrected chi connectivity index (χ1v) is 8.15. The summed E-state index contributed by atoms with van der Waals surface area (Å²) in [6, 6.07) is 9.58. The molecule has 8 heteroatoms. The van der Waals surface area contributed by atoms with Gasteiger partial charge in [0, 0.05) is 24.7 Å². The molecule has 0 radical (unpaired) electrons. The molecule has 0 bridgehead atoms. The van der Waals surface area contributed by atoms with Gasteiger partial charge in [-0.05, 0) is 24.3 Å². The van der Waals surface area contributed by atoms with Crippen molar-refractivity contribution in [3.63, 3.8) is 0 Å². The number of benzene rings is 1. The fourth-order valence-corrected chi connectivity index (χ4v) is 2.66. The summed E-state index contributed by atoms with van der Waals surface area (Å²) in [6.45, 7) is 1.60. The van der Waals surface area contributed by atoms with E-state index in [1.54, 1.807) is 0 Å². The van der Waals surface area contributed by atoms with Crippen LogP contribution in [-0.2, 0) is 15.7 Å². The number of rotatable bonds is 3. The number of carbonyl (C=O) groups excluding carboxylic acids is 1. The van der Waals surface area contributed by atoms with Gasteiger partial charge in [0.05, 0.1) is 18.8 Å². The van der Waals surface area contributed by atoms with E-state index >= 15 is 0 Å². The molecule has 1 aliphatic heterocycles. The van der Waals surface area contributed by atoms with Crippen molar-refractivity contribution in [2.24, 2.45) is 0 Å². The van der Waals surface area contributed by atoms with E-state index in [1.165, 1.54) is 35.2 Å². The Labute approximate surface area is 153 Å². The van der Waals surface area contributed by atoms with Crippen LogP contribution in [0.2, 0.25) is 0 Å². The number of halogens is 3. The molecule has 0 unspecified atom stereocenters. The third-order valence-electron chi connectivity index (χ3n) is 4.04. The predicted molar refractivity (Wildman–Crippen MR) is 90.1 cm³/mol. The number of ether oxygens (including phenoxy) is 1. The Morgan fingerprint density at radius 2 is 1.93 bits per heavy atom. The molecule has 5 nitrogen and oxygen atoms in total. The Kier molecular flexibility index (Phi) is 5.33. The molecule has 2 aromatic rings. The number of hydrogen-bond acceptors (Lipinski definition) is 4. The second kappa shape index (κ2) is 7.68. The monoisotopic (exact) mass is 376 g/mol. The van der Waals surface area contributed by atoms with Crippen molar-refractivity contribution in [2.75, 3.05) is 26.3 Å². The highest BCUT2D eigenvalue weighted by Gasteiger charge is 2.30. The minimum absolute atomic E-state index is 0.109. The number of alkyl halides is 3. The van der Waals surface area contributed by atoms with Crippen LogP contribution in [0.25, 0.3) is 17.4 Å². The van der Waals surface area contributed by atoms with E-state index in [1.807, 2.05) is 6.07 Å². The first kappa shape index (κ1) is 18.7. The average Bonchev–Trinajstić information content (AvgIpc) is 3.14. The molecule has 3 rings (SSSR count). The van der Waals surface area contributed by atoms with E-state index in [0.29, 0.717) is 26.3 Å². The van der Waals surface area contributed by atoms with Crippen LogP contribution in [0, 0.1) is 11.3 Å². The molecule has 1 fully saturated rings. The molecule has 1 aromatic carbocycles. The molecule has 0 aliphatic carbocycles. The summed E-state index contributed by atoms with van der Waals surface area (Å²) in [5, 5.41) is 9.27. The SMILES string of the molecule is N#C/C(=C\c1ccc(-c2cccc(C(F)(F)F)c2)o1)C(=O)N1CCOCC1. The molecule has 0 saturated carbocycles. The van der Waals surface area contributed by atoms with Crippen LogP contribution < -0.4 is 0 Å². The van der Waals surface area contributed by atoms with Gasteiger partial charge in [0.2, 0.25) is 0 Å². The molecule has 1 aliphatic rings. The molecule has 2 heterocycles. The maximum absolute atomic E-state index is 12.8. The second-order valence-corrected chi connectivity index (χ2v) is 5.85. The van der Waals surface area contributed by atoms with E-state index in [2.05, 4.69) is 0 Å². The fourth-order valence-electron chi connectivity index (χ4n) is 2.66. The topological polar surface area (TPSA) is 66.5 Å². The number of nitriles is 1. The van der Waals surface area contributed by atoms with Crippen molar-refractivity contribution in [1.82, 2.24) is 4.90 Å². The van der Waals surface area contributed by atoms with Gasteiger partial charge in [0.25, 0.3) is 5.91 Å². The van der Waals surface area contributed by atoms with Gasteiger partial charge in [0.1, 0.15) is 23.2 Å². The van der Waals surface area contributed by atoms with Gasteiger partial charge >= 0.3 is 6.18 Å². The maximum Gasteiger partial charge on any atom is 0.416 e. The van der Waals surface area contributed by atoms with Crippen molar-refractivity contribution >= 4 is 12.0 Å². The molecule has 140 valence electrons. The standard InChI is InChI=1S/C19H15F3N2O3/c20-19(21,22)15-3-1-2-13(10-15)17-5-4-16(27-17)11-14(12-23)18(25)24-6-8-26-9-7-24/h1-5,10-11H,6-9H2/b14-11+. The predicted octanol–water partition coefficient (Wildman–Crippen LogP) is 3.73.